The largest absolute Gasteiger partial charge is 0.481 e. The Labute approximate surface area is 86.1 Å². The summed E-state index contributed by atoms with van der Waals surface area (Å²) in [6.45, 7) is 9.59. The highest BCUT2D eigenvalue weighted by atomic mass is 16.4. The van der Waals surface area contributed by atoms with Crippen LogP contribution in [0.2, 0.25) is 0 Å². The molecule has 0 aromatic carbocycles. The molecule has 0 bridgehead atoms. The molecule has 0 aromatic rings. The molecule has 0 aromatic heterocycles. The van der Waals surface area contributed by atoms with E-state index in [1.54, 1.807) is 0 Å². The minimum Gasteiger partial charge on any atom is -0.481 e. The maximum absolute atomic E-state index is 10.8. The highest BCUT2D eigenvalue weighted by molar-refractivity contribution is 5.70. The zero-order valence-electron chi connectivity index (χ0n) is 9.58. The number of rotatable bonds is 1. The standard InChI is InChI=1S/C11H21NO2/c1-8-7-9(10(13)14)5-6-12(8)11(2,3)4/h8-9H,5-7H2,1-4H3,(H,13,14). The van der Waals surface area contributed by atoms with Crippen LogP contribution in [-0.2, 0) is 4.79 Å². The van der Waals surface area contributed by atoms with Gasteiger partial charge in [0.05, 0.1) is 5.92 Å². The Hall–Kier alpha value is -0.570. The van der Waals surface area contributed by atoms with E-state index in [9.17, 15) is 4.79 Å². The second-order valence-corrected chi connectivity index (χ2v) is 5.27. The minimum atomic E-state index is -0.634. The molecule has 2 unspecified atom stereocenters. The fourth-order valence-electron chi connectivity index (χ4n) is 2.39. The van der Waals surface area contributed by atoms with Gasteiger partial charge in [0.15, 0.2) is 0 Å². The lowest BCUT2D eigenvalue weighted by Crippen LogP contribution is -2.52. The highest BCUT2D eigenvalue weighted by Gasteiger charge is 2.34. The average Bonchev–Trinajstić information content (AvgIpc) is 2.01. The van der Waals surface area contributed by atoms with Gasteiger partial charge in [-0.15, -0.1) is 0 Å². The van der Waals surface area contributed by atoms with Crippen molar-refractivity contribution in [2.75, 3.05) is 6.54 Å². The first-order chi connectivity index (χ1) is 6.32. The van der Waals surface area contributed by atoms with Crippen LogP contribution in [0.15, 0.2) is 0 Å². The second-order valence-electron chi connectivity index (χ2n) is 5.27. The van der Waals surface area contributed by atoms with Gasteiger partial charge in [0.1, 0.15) is 0 Å². The maximum atomic E-state index is 10.8. The van der Waals surface area contributed by atoms with Gasteiger partial charge in [-0.25, -0.2) is 0 Å². The molecule has 3 heteroatoms. The summed E-state index contributed by atoms with van der Waals surface area (Å²) in [5.41, 5.74) is 0.156. The quantitative estimate of drug-likeness (QED) is 0.702. The van der Waals surface area contributed by atoms with Gasteiger partial charge in [-0.1, -0.05) is 0 Å². The number of carboxylic acid groups (broad SMARTS) is 1. The van der Waals surface area contributed by atoms with Crippen LogP contribution in [0.5, 0.6) is 0 Å². The van der Waals surface area contributed by atoms with Crippen molar-refractivity contribution in [1.82, 2.24) is 4.90 Å². The smallest absolute Gasteiger partial charge is 0.306 e. The molecule has 1 fully saturated rings. The van der Waals surface area contributed by atoms with Crippen LogP contribution >= 0.6 is 0 Å². The highest BCUT2D eigenvalue weighted by Crippen LogP contribution is 2.28. The number of aliphatic carboxylic acids is 1. The van der Waals surface area contributed by atoms with Crippen LogP contribution in [0, 0.1) is 5.92 Å². The van der Waals surface area contributed by atoms with Gasteiger partial charge in [-0.05, 0) is 47.1 Å². The molecule has 82 valence electrons. The third-order valence-electron chi connectivity index (χ3n) is 3.09. The van der Waals surface area contributed by atoms with Crippen LogP contribution in [0.1, 0.15) is 40.5 Å². The first kappa shape index (κ1) is 11.5. The Morgan fingerprint density at radius 3 is 2.36 bits per heavy atom. The van der Waals surface area contributed by atoms with Crippen molar-refractivity contribution >= 4 is 5.97 Å². The molecule has 1 aliphatic rings. The number of likely N-dealkylation sites (tertiary alicyclic amines) is 1. The summed E-state index contributed by atoms with van der Waals surface area (Å²) < 4.78 is 0. The summed E-state index contributed by atoms with van der Waals surface area (Å²) >= 11 is 0. The first-order valence-corrected chi connectivity index (χ1v) is 5.32. The van der Waals surface area contributed by atoms with Gasteiger partial charge in [-0.3, -0.25) is 9.69 Å². The van der Waals surface area contributed by atoms with Gasteiger partial charge in [0, 0.05) is 11.6 Å². The molecule has 0 saturated carbocycles. The lowest BCUT2D eigenvalue weighted by Gasteiger charge is -2.44. The second kappa shape index (κ2) is 3.89. The van der Waals surface area contributed by atoms with E-state index in [0.29, 0.717) is 6.04 Å². The van der Waals surface area contributed by atoms with Crippen molar-refractivity contribution in [3.63, 3.8) is 0 Å². The lowest BCUT2D eigenvalue weighted by atomic mass is 9.88. The fraction of sp³-hybridized carbons (Fsp3) is 0.909. The molecule has 1 rings (SSSR count). The van der Waals surface area contributed by atoms with Crippen molar-refractivity contribution in [2.24, 2.45) is 5.92 Å². The van der Waals surface area contributed by atoms with E-state index in [0.717, 1.165) is 19.4 Å². The van der Waals surface area contributed by atoms with Crippen LogP contribution in [0.25, 0.3) is 0 Å². The number of nitrogens with zero attached hydrogens (tertiary/aromatic N) is 1. The fourth-order valence-corrected chi connectivity index (χ4v) is 2.39. The number of hydrogen-bond acceptors (Lipinski definition) is 2. The van der Waals surface area contributed by atoms with E-state index in [4.69, 9.17) is 5.11 Å². The normalized spacial score (nSPS) is 30.3. The van der Waals surface area contributed by atoms with Crippen molar-refractivity contribution in [1.29, 1.82) is 0 Å². The Balaban J connectivity index is 2.61. The van der Waals surface area contributed by atoms with E-state index < -0.39 is 5.97 Å². The molecule has 3 nitrogen and oxygen atoms in total. The zero-order chi connectivity index (χ0) is 10.9. The summed E-state index contributed by atoms with van der Waals surface area (Å²) in [6.07, 6.45) is 1.57. The van der Waals surface area contributed by atoms with E-state index in [-0.39, 0.29) is 11.5 Å². The van der Waals surface area contributed by atoms with Crippen LogP contribution in [-0.4, -0.2) is 34.1 Å². The summed E-state index contributed by atoms with van der Waals surface area (Å²) in [5.74, 6) is -0.769. The molecule has 0 amide bonds. The maximum Gasteiger partial charge on any atom is 0.306 e. The summed E-state index contributed by atoms with van der Waals surface area (Å²) in [5, 5.41) is 8.93. The third-order valence-corrected chi connectivity index (χ3v) is 3.09. The predicted molar refractivity (Wildman–Crippen MR) is 56.3 cm³/mol. The van der Waals surface area contributed by atoms with Crippen LogP contribution in [0.3, 0.4) is 0 Å². The van der Waals surface area contributed by atoms with Gasteiger partial charge in [0.2, 0.25) is 0 Å². The van der Waals surface area contributed by atoms with E-state index in [1.165, 1.54) is 0 Å². The SMILES string of the molecule is CC1CC(C(=O)O)CCN1C(C)(C)C. The van der Waals surface area contributed by atoms with Crippen LogP contribution < -0.4 is 0 Å². The molecule has 2 atom stereocenters. The summed E-state index contributed by atoms with van der Waals surface area (Å²) in [7, 11) is 0. The molecule has 1 N–H and O–H groups in total. The van der Waals surface area contributed by atoms with Gasteiger partial charge in [0.25, 0.3) is 0 Å². The molecule has 1 saturated heterocycles. The molecular weight excluding hydrogens is 178 g/mol. The summed E-state index contributed by atoms with van der Waals surface area (Å²) in [4.78, 5) is 13.2. The lowest BCUT2D eigenvalue weighted by molar-refractivity contribution is -0.144. The molecule has 0 spiro atoms. The van der Waals surface area contributed by atoms with Crippen molar-refractivity contribution < 1.29 is 9.90 Å². The number of carbonyl (C=O) groups is 1. The molecule has 0 aliphatic carbocycles. The molecule has 14 heavy (non-hydrogen) atoms. The van der Waals surface area contributed by atoms with Crippen molar-refractivity contribution in [3.8, 4) is 0 Å². The van der Waals surface area contributed by atoms with Gasteiger partial charge >= 0.3 is 5.97 Å². The molecule has 0 radical (unpaired) electrons. The minimum absolute atomic E-state index is 0.136. The first-order valence-electron chi connectivity index (χ1n) is 5.32. The Morgan fingerprint density at radius 2 is 2.00 bits per heavy atom. The number of carboxylic acids is 1. The summed E-state index contributed by atoms with van der Waals surface area (Å²) in [6, 6.07) is 0.379. The Morgan fingerprint density at radius 1 is 1.43 bits per heavy atom. The van der Waals surface area contributed by atoms with E-state index >= 15 is 0 Å². The Bertz CT molecular complexity index is 220. The van der Waals surface area contributed by atoms with Gasteiger partial charge in [-0.2, -0.15) is 0 Å². The average molecular weight is 199 g/mol. The zero-order valence-corrected chi connectivity index (χ0v) is 9.58. The number of hydrogen-bond donors (Lipinski definition) is 1. The van der Waals surface area contributed by atoms with Crippen LogP contribution in [0.4, 0.5) is 0 Å². The molecular formula is C11H21NO2. The van der Waals surface area contributed by atoms with E-state index in [2.05, 4.69) is 32.6 Å². The van der Waals surface area contributed by atoms with E-state index in [1.807, 2.05) is 0 Å². The van der Waals surface area contributed by atoms with Crippen molar-refractivity contribution in [3.05, 3.63) is 0 Å². The van der Waals surface area contributed by atoms with Crippen molar-refractivity contribution in [2.45, 2.75) is 52.1 Å². The monoisotopic (exact) mass is 199 g/mol. The molecule has 1 heterocycles. The van der Waals surface area contributed by atoms with Gasteiger partial charge < -0.3 is 5.11 Å². The predicted octanol–water partition coefficient (Wildman–Crippen LogP) is 1.97. The third kappa shape index (κ3) is 2.47. The Kier molecular flexibility index (Phi) is 3.20. The molecule has 1 aliphatic heterocycles. The number of piperidine rings is 1. The topological polar surface area (TPSA) is 40.5 Å².